The van der Waals surface area contributed by atoms with E-state index >= 15 is 0 Å². The van der Waals surface area contributed by atoms with Crippen molar-refractivity contribution in [3.63, 3.8) is 0 Å². The van der Waals surface area contributed by atoms with Crippen LogP contribution in [0.25, 0.3) is 0 Å². The minimum absolute atomic E-state index is 0.454. The van der Waals surface area contributed by atoms with E-state index in [1.54, 1.807) is 6.33 Å². The van der Waals surface area contributed by atoms with Crippen molar-refractivity contribution in [2.75, 3.05) is 5.32 Å². The Morgan fingerprint density at radius 3 is 2.39 bits per heavy atom. The highest BCUT2D eigenvalue weighted by Gasteiger charge is 2.29. The first-order valence-corrected chi connectivity index (χ1v) is 7.77. The van der Waals surface area contributed by atoms with Crippen LogP contribution in [-0.4, -0.2) is 16.0 Å². The van der Waals surface area contributed by atoms with Crippen LogP contribution in [0.1, 0.15) is 46.5 Å². The van der Waals surface area contributed by atoms with Gasteiger partial charge in [-0.15, -0.1) is 0 Å². The fourth-order valence-corrected chi connectivity index (χ4v) is 3.14. The van der Waals surface area contributed by atoms with Gasteiger partial charge in [0.2, 0.25) is 0 Å². The maximum absolute atomic E-state index is 4.27. The van der Waals surface area contributed by atoms with Gasteiger partial charge in [0.15, 0.2) is 0 Å². The molecule has 1 fully saturated rings. The van der Waals surface area contributed by atoms with Crippen molar-refractivity contribution in [1.82, 2.24) is 9.97 Å². The maximum atomic E-state index is 4.27. The number of nitrogens with one attached hydrogen (secondary N) is 1. The number of anilines is 1. The zero-order valence-electron chi connectivity index (χ0n) is 11.4. The van der Waals surface area contributed by atoms with Gasteiger partial charge in [-0.2, -0.15) is 0 Å². The fourth-order valence-electron chi connectivity index (χ4n) is 2.73. The highest BCUT2D eigenvalue weighted by Crippen LogP contribution is 2.38. The fraction of sp³-hybridized carbons (Fsp3) is 0.714. The Labute approximate surface area is 123 Å². The number of nitrogens with zero attached hydrogens (tertiary/aromatic N) is 2. The van der Waals surface area contributed by atoms with E-state index in [4.69, 9.17) is 0 Å². The summed E-state index contributed by atoms with van der Waals surface area (Å²) in [4.78, 5) is 8.39. The molecular formula is C14H22IN3. The van der Waals surface area contributed by atoms with E-state index < -0.39 is 0 Å². The van der Waals surface area contributed by atoms with Crippen molar-refractivity contribution in [3.05, 3.63) is 16.1 Å². The second-order valence-corrected chi connectivity index (χ2v) is 7.39. The standard InChI is InChI=1S/C14H22IN3/c1-14(2,3)10-4-6-11(7-5-10)18-13-8-12(15)16-9-17-13/h8-11H,4-7H2,1-3H3,(H,16,17,18)/t10-,11+. The van der Waals surface area contributed by atoms with Crippen LogP contribution in [-0.2, 0) is 0 Å². The van der Waals surface area contributed by atoms with Crippen molar-refractivity contribution in [1.29, 1.82) is 0 Å². The van der Waals surface area contributed by atoms with Crippen molar-refractivity contribution >= 4 is 28.4 Å². The maximum Gasteiger partial charge on any atom is 0.130 e. The summed E-state index contributed by atoms with van der Waals surface area (Å²) in [6, 6.07) is 2.59. The summed E-state index contributed by atoms with van der Waals surface area (Å²) in [6.07, 6.45) is 6.78. The number of halogens is 1. The van der Waals surface area contributed by atoms with E-state index in [9.17, 15) is 0 Å². The van der Waals surface area contributed by atoms with Crippen LogP contribution in [0.5, 0.6) is 0 Å². The van der Waals surface area contributed by atoms with Crippen molar-refractivity contribution in [3.8, 4) is 0 Å². The topological polar surface area (TPSA) is 37.8 Å². The monoisotopic (exact) mass is 359 g/mol. The van der Waals surface area contributed by atoms with E-state index in [1.807, 2.05) is 6.07 Å². The Bertz CT molecular complexity index is 392. The summed E-state index contributed by atoms with van der Waals surface area (Å²) in [7, 11) is 0. The number of aromatic nitrogens is 2. The third-order valence-electron chi connectivity index (χ3n) is 3.94. The molecule has 1 heterocycles. The van der Waals surface area contributed by atoms with Crippen LogP contribution in [0.4, 0.5) is 5.82 Å². The van der Waals surface area contributed by atoms with E-state index in [0.717, 1.165) is 15.4 Å². The van der Waals surface area contributed by atoms with Crippen LogP contribution in [0.3, 0.4) is 0 Å². The lowest BCUT2D eigenvalue weighted by Gasteiger charge is -2.37. The zero-order chi connectivity index (χ0) is 13.2. The van der Waals surface area contributed by atoms with Gasteiger partial charge in [-0.05, 0) is 59.6 Å². The predicted molar refractivity (Wildman–Crippen MR) is 83.6 cm³/mol. The molecule has 2 rings (SSSR count). The molecule has 1 aliphatic carbocycles. The summed E-state index contributed by atoms with van der Waals surface area (Å²) in [6.45, 7) is 7.08. The summed E-state index contributed by atoms with van der Waals surface area (Å²) in [5.74, 6) is 1.83. The minimum Gasteiger partial charge on any atom is -0.367 e. The smallest absolute Gasteiger partial charge is 0.130 e. The van der Waals surface area contributed by atoms with E-state index in [-0.39, 0.29) is 0 Å². The Kier molecular flexibility index (Phi) is 4.45. The van der Waals surface area contributed by atoms with Gasteiger partial charge in [-0.1, -0.05) is 20.8 Å². The molecular weight excluding hydrogens is 337 g/mol. The summed E-state index contributed by atoms with van der Waals surface area (Å²) in [5.41, 5.74) is 0.454. The van der Waals surface area contributed by atoms with Gasteiger partial charge in [-0.25, -0.2) is 9.97 Å². The molecule has 0 radical (unpaired) electrons. The van der Waals surface area contributed by atoms with Gasteiger partial charge < -0.3 is 5.32 Å². The molecule has 18 heavy (non-hydrogen) atoms. The number of rotatable bonds is 2. The largest absolute Gasteiger partial charge is 0.367 e. The third kappa shape index (κ3) is 3.80. The highest BCUT2D eigenvalue weighted by atomic mass is 127. The Balaban J connectivity index is 1.87. The molecule has 100 valence electrons. The first-order valence-electron chi connectivity index (χ1n) is 6.69. The molecule has 0 spiro atoms. The third-order valence-corrected chi connectivity index (χ3v) is 4.53. The molecule has 0 amide bonds. The van der Waals surface area contributed by atoms with Crippen molar-refractivity contribution in [2.24, 2.45) is 11.3 Å². The molecule has 0 aliphatic heterocycles. The van der Waals surface area contributed by atoms with Gasteiger partial charge in [-0.3, -0.25) is 0 Å². The lowest BCUT2D eigenvalue weighted by Crippen LogP contribution is -2.31. The van der Waals surface area contributed by atoms with Crippen LogP contribution in [0, 0.1) is 15.0 Å². The van der Waals surface area contributed by atoms with Gasteiger partial charge in [0.1, 0.15) is 15.8 Å². The average Bonchev–Trinajstić information content (AvgIpc) is 2.28. The molecule has 0 saturated heterocycles. The molecule has 1 aliphatic rings. The molecule has 1 N–H and O–H groups in total. The van der Waals surface area contributed by atoms with Crippen LogP contribution in [0.15, 0.2) is 12.4 Å². The summed E-state index contributed by atoms with van der Waals surface area (Å²) >= 11 is 2.22. The first-order chi connectivity index (χ1) is 8.45. The van der Waals surface area contributed by atoms with E-state index in [2.05, 4.69) is 58.6 Å². The SMILES string of the molecule is CC(C)(C)[C@H]1CC[C@@H](Nc2cc(I)ncn2)CC1. The van der Waals surface area contributed by atoms with Crippen molar-refractivity contribution < 1.29 is 0 Å². The number of hydrogen-bond acceptors (Lipinski definition) is 3. The van der Waals surface area contributed by atoms with Gasteiger partial charge in [0.05, 0.1) is 0 Å². The zero-order valence-corrected chi connectivity index (χ0v) is 13.6. The molecule has 4 heteroatoms. The van der Waals surface area contributed by atoms with Crippen LogP contribution < -0.4 is 5.32 Å². The van der Waals surface area contributed by atoms with Gasteiger partial charge >= 0.3 is 0 Å². The average molecular weight is 359 g/mol. The summed E-state index contributed by atoms with van der Waals surface area (Å²) < 4.78 is 0.994. The molecule has 0 aromatic carbocycles. The van der Waals surface area contributed by atoms with Crippen LogP contribution >= 0.6 is 22.6 Å². The highest BCUT2D eigenvalue weighted by molar-refractivity contribution is 14.1. The Hall–Kier alpha value is -0.390. The molecule has 0 atom stereocenters. The number of hydrogen-bond donors (Lipinski definition) is 1. The molecule has 0 bridgehead atoms. The second kappa shape index (κ2) is 5.72. The molecule has 1 saturated carbocycles. The van der Waals surface area contributed by atoms with E-state index in [0.29, 0.717) is 11.5 Å². The summed E-state index contributed by atoms with van der Waals surface area (Å²) in [5, 5.41) is 3.54. The lowest BCUT2D eigenvalue weighted by molar-refractivity contribution is 0.173. The quantitative estimate of drug-likeness (QED) is 0.638. The van der Waals surface area contributed by atoms with E-state index in [1.165, 1.54) is 25.7 Å². The minimum atomic E-state index is 0.454. The molecule has 1 aromatic rings. The Morgan fingerprint density at radius 2 is 1.83 bits per heavy atom. The van der Waals surface area contributed by atoms with Crippen LogP contribution in [0.2, 0.25) is 0 Å². The lowest BCUT2D eigenvalue weighted by atomic mass is 9.71. The van der Waals surface area contributed by atoms with Crippen molar-refractivity contribution in [2.45, 2.75) is 52.5 Å². The van der Waals surface area contributed by atoms with Gasteiger partial charge in [0.25, 0.3) is 0 Å². The predicted octanol–water partition coefficient (Wildman–Crippen LogP) is 4.10. The first kappa shape index (κ1) is 14.0. The molecule has 0 unspecified atom stereocenters. The molecule has 3 nitrogen and oxygen atoms in total. The van der Waals surface area contributed by atoms with Gasteiger partial charge in [0, 0.05) is 12.1 Å². The Morgan fingerprint density at radius 1 is 1.17 bits per heavy atom. The second-order valence-electron chi connectivity index (χ2n) is 6.28. The normalized spacial score (nSPS) is 24.9. The molecule has 1 aromatic heterocycles.